The average molecular weight is 415 g/mol. The lowest BCUT2D eigenvalue weighted by Crippen LogP contribution is -2.40. The van der Waals surface area contributed by atoms with Crippen molar-refractivity contribution < 1.29 is 9.59 Å². The Morgan fingerprint density at radius 3 is 2.76 bits per heavy atom. The van der Waals surface area contributed by atoms with Crippen LogP contribution in [0.4, 0.5) is 10.5 Å². The molecule has 6 nitrogen and oxygen atoms in total. The first kappa shape index (κ1) is 21.3. The lowest BCUT2D eigenvalue weighted by Gasteiger charge is -2.20. The number of hydrogen-bond donors (Lipinski definition) is 4. The Hall–Kier alpha value is -2.38. The molecule has 0 radical (unpaired) electrons. The Kier molecular flexibility index (Phi) is 6.59. The third-order valence-corrected chi connectivity index (χ3v) is 6.15. The topological polar surface area (TPSA) is 96.2 Å². The van der Waals surface area contributed by atoms with Crippen LogP contribution in [-0.4, -0.2) is 31.1 Å². The van der Waals surface area contributed by atoms with E-state index in [1.165, 1.54) is 16.9 Å². The fraction of sp³-hybridized carbons (Fsp3) is 0.455. The van der Waals surface area contributed by atoms with E-state index in [9.17, 15) is 9.59 Å². The van der Waals surface area contributed by atoms with Crippen molar-refractivity contribution in [1.82, 2.24) is 10.6 Å². The summed E-state index contributed by atoms with van der Waals surface area (Å²) in [6.07, 6.45) is 3.15. The number of rotatable bonds is 4. The van der Waals surface area contributed by atoms with Crippen molar-refractivity contribution in [2.24, 2.45) is 5.73 Å². The van der Waals surface area contributed by atoms with E-state index in [1.807, 2.05) is 17.5 Å². The standard InChI is InChI=1S/C22H30N4O2S/c1-22(2,3)15-8-6-7-14(11-15)17-13-29-19(18(17)26-21(23)28)20(27)25-16-9-4-5-10-24-12-16/h6-8,11,13,16,24H,4-5,9-10,12H2,1-3H3,(H,25,27)(H3,23,26,28)/t16-/m0/s1. The summed E-state index contributed by atoms with van der Waals surface area (Å²) in [7, 11) is 0. The highest BCUT2D eigenvalue weighted by Crippen LogP contribution is 2.38. The average Bonchev–Trinajstić information content (AvgIpc) is 2.88. The molecule has 0 saturated carbocycles. The molecule has 0 aliphatic carbocycles. The first-order valence-corrected chi connectivity index (χ1v) is 10.9. The number of primary amides is 1. The number of thiophene rings is 1. The molecule has 0 spiro atoms. The summed E-state index contributed by atoms with van der Waals surface area (Å²) in [5.41, 5.74) is 8.83. The minimum absolute atomic E-state index is 0.00396. The van der Waals surface area contributed by atoms with E-state index in [4.69, 9.17) is 5.73 Å². The molecule has 1 aromatic carbocycles. The van der Waals surface area contributed by atoms with Gasteiger partial charge in [0.15, 0.2) is 0 Å². The summed E-state index contributed by atoms with van der Waals surface area (Å²) in [5, 5.41) is 11.0. The minimum atomic E-state index is -0.679. The van der Waals surface area contributed by atoms with Crippen molar-refractivity contribution in [2.45, 2.75) is 51.5 Å². The molecule has 1 atom stereocenters. The lowest BCUT2D eigenvalue weighted by atomic mass is 9.85. The van der Waals surface area contributed by atoms with Crippen LogP contribution in [0.2, 0.25) is 0 Å². The molecule has 7 heteroatoms. The lowest BCUT2D eigenvalue weighted by molar-refractivity contribution is 0.0940. The first-order valence-electron chi connectivity index (χ1n) is 10.1. The van der Waals surface area contributed by atoms with Crippen LogP contribution >= 0.6 is 11.3 Å². The normalized spacial score (nSPS) is 17.4. The minimum Gasteiger partial charge on any atom is -0.351 e. The van der Waals surface area contributed by atoms with E-state index in [1.54, 1.807) is 0 Å². The largest absolute Gasteiger partial charge is 0.351 e. The molecule has 1 aliphatic rings. The second-order valence-electron chi connectivity index (χ2n) is 8.54. The van der Waals surface area contributed by atoms with Gasteiger partial charge in [-0.25, -0.2) is 4.79 Å². The maximum absolute atomic E-state index is 13.0. The van der Waals surface area contributed by atoms with Gasteiger partial charge < -0.3 is 21.7 Å². The summed E-state index contributed by atoms with van der Waals surface area (Å²) >= 11 is 1.33. The van der Waals surface area contributed by atoms with Gasteiger partial charge in [-0.2, -0.15) is 0 Å². The van der Waals surface area contributed by atoms with Crippen LogP contribution in [0.15, 0.2) is 29.6 Å². The third kappa shape index (κ3) is 5.36. The monoisotopic (exact) mass is 414 g/mol. The van der Waals surface area contributed by atoms with E-state index in [0.717, 1.165) is 43.5 Å². The third-order valence-electron chi connectivity index (χ3n) is 5.17. The second-order valence-corrected chi connectivity index (χ2v) is 9.42. The first-order chi connectivity index (χ1) is 13.8. The molecular formula is C22H30N4O2S. The Bertz CT molecular complexity index is 877. The maximum Gasteiger partial charge on any atom is 0.316 e. The Morgan fingerprint density at radius 1 is 1.24 bits per heavy atom. The predicted molar refractivity (Wildman–Crippen MR) is 120 cm³/mol. The van der Waals surface area contributed by atoms with Crippen LogP contribution in [0.1, 0.15) is 55.3 Å². The number of carbonyl (C=O) groups excluding carboxylic acids is 2. The summed E-state index contributed by atoms with van der Waals surface area (Å²) < 4.78 is 0. The van der Waals surface area contributed by atoms with Gasteiger partial charge in [0.05, 0.1) is 5.69 Å². The van der Waals surface area contributed by atoms with Crippen molar-refractivity contribution >= 4 is 29.0 Å². The molecule has 0 bridgehead atoms. The number of nitrogens with one attached hydrogen (secondary N) is 3. The number of carbonyl (C=O) groups is 2. The Balaban J connectivity index is 1.92. The molecule has 156 valence electrons. The molecule has 29 heavy (non-hydrogen) atoms. The molecule has 1 aliphatic heterocycles. The molecule has 0 unspecified atom stereocenters. The van der Waals surface area contributed by atoms with Crippen LogP contribution in [0.3, 0.4) is 0 Å². The summed E-state index contributed by atoms with van der Waals surface area (Å²) in [4.78, 5) is 25.1. The van der Waals surface area contributed by atoms with Gasteiger partial charge in [-0.05, 0) is 35.9 Å². The van der Waals surface area contributed by atoms with Crippen molar-refractivity contribution in [3.05, 3.63) is 40.1 Å². The Morgan fingerprint density at radius 2 is 2.03 bits per heavy atom. The van der Waals surface area contributed by atoms with Crippen LogP contribution in [-0.2, 0) is 5.41 Å². The van der Waals surface area contributed by atoms with Gasteiger partial charge in [0.1, 0.15) is 4.88 Å². The van der Waals surface area contributed by atoms with Gasteiger partial charge in [0.25, 0.3) is 5.91 Å². The van der Waals surface area contributed by atoms with E-state index in [0.29, 0.717) is 10.6 Å². The zero-order valence-corrected chi connectivity index (χ0v) is 18.1. The van der Waals surface area contributed by atoms with Gasteiger partial charge in [-0.15, -0.1) is 11.3 Å². The molecule has 5 N–H and O–H groups in total. The highest BCUT2D eigenvalue weighted by molar-refractivity contribution is 7.13. The number of urea groups is 1. The molecule has 1 saturated heterocycles. The maximum atomic E-state index is 13.0. The van der Waals surface area contributed by atoms with Crippen molar-refractivity contribution in [2.75, 3.05) is 18.4 Å². The van der Waals surface area contributed by atoms with Gasteiger partial charge >= 0.3 is 6.03 Å². The van der Waals surface area contributed by atoms with Gasteiger partial charge in [0, 0.05) is 23.5 Å². The van der Waals surface area contributed by atoms with E-state index in [2.05, 4.69) is 48.9 Å². The molecule has 2 aromatic rings. The van der Waals surface area contributed by atoms with Crippen LogP contribution in [0.25, 0.3) is 11.1 Å². The number of benzene rings is 1. The second kappa shape index (κ2) is 8.97. The van der Waals surface area contributed by atoms with Crippen molar-refractivity contribution in [3.63, 3.8) is 0 Å². The zero-order chi connectivity index (χ0) is 21.0. The predicted octanol–water partition coefficient (Wildman–Crippen LogP) is 4.08. The van der Waals surface area contributed by atoms with Gasteiger partial charge in [0.2, 0.25) is 0 Å². The highest BCUT2D eigenvalue weighted by atomic mass is 32.1. The zero-order valence-electron chi connectivity index (χ0n) is 17.3. The SMILES string of the molecule is CC(C)(C)c1cccc(-c2csc(C(=O)N[C@H]3CCCCNC3)c2NC(N)=O)c1. The highest BCUT2D eigenvalue weighted by Gasteiger charge is 2.24. The quantitative estimate of drug-likeness (QED) is 0.607. The smallest absolute Gasteiger partial charge is 0.316 e. The number of amides is 3. The molecule has 3 amide bonds. The number of hydrogen-bond acceptors (Lipinski definition) is 4. The van der Waals surface area contributed by atoms with Crippen LogP contribution in [0.5, 0.6) is 0 Å². The van der Waals surface area contributed by atoms with E-state index < -0.39 is 6.03 Å². The summed E-state index contributed by atoms with van der Waals surface area (Å²) in [5.74, 6) is -0.175. The fourth-order valence-corrected chi connectivity index (χ4v) is 4.47. The van der Waals surface area contributed by atoms with Crippen LogP contribution in [0, 0.1) is 0 Å². The number of nitrogens with two attached hydrogens (primary N) is 1. The molecule has 1 fully saturated rings. The Labute approximate surface area is 176 Å². The molecule has 1 aromatic heterocycles. The number of anilines is 1. The van der Waals surface area contributed by atoms with E-state index >= 15 is 0 Å². The molecular weight excluding hydrogens is 384 g/mol. The van der Waals surface area contributed by atoms with Crippen LogP contribution < -0.4 is 21.7 Å². The van der Waals surface area contributed by atoms with Gasteiger partial charge in [-0.3, -0.25) is 4.79 Å². The summed E-state index contributed by atoms with van der Waals surface area (Å²) in [6, 6.07) is 7.58. The summed E-state index contributed by atoms with van der Waals surface area (Å²) in [6.45, 7) is 8.20. The molecule has 3 rings (SSSR count). The van der Waals surface area contributed by atoms with Gasteiger partial charge in [-0.1, -0.05) is 51.5 Å². The molecule has 2 heterocycles. The van der Waals surface area contributed by atoms with Crippen molar-refractivity contribution in [3.8, 4) is 11.1 Å². The van der Waals surface area contributed by atoms with E-state index in [-0.39, 0.29) is 17.4 Å². The fourth-order valence-electron chi connectivity index (χ4n) is 3.53. The van der Waals surface area contributed by atoms with Crippen molar-refractivity contribution in [1.29, 1.82) is 0 Å².